The molecule has 0 radical (unpaired) electrons. The van der Waals surface area contributed by atoms with Crippen LogP contribution in [0.2, 0.25) is 0 Å². The quantitative estimate of drug-likeness (QED) is 0.518. The average Bonchev–Trinajstić information content (AvgIpc) is 2.87. The predicted octanol–water partition coefficient (Wildman–Crippen LogP) is 2.37. The van der Waals surface area contributed by atoms with E-state index < -0.39 is 0 Å². The van der Waals surface area contributed by atoms with Crippen LogP contribution >= 0.6 is 0 Å². The highest BCUT2D eigenvalue weighted by atomic mass is 16.5. The normalized spacial score (nSPS) is 15.7. The summed E-state index contributed by atoms with van der Waals surface area (Å²) in [6.07, 6.45) is 7.28. The van der Waals surface area contributed by atoms with Crippen LogP contribution in [-0.4, -0.2) is 37.0 Å². The Morgan fingerprint density at radius 2 is 1.89 bits per heavy atom. The maximum atomic E-state index is 12.0. The van der Waals surface area contributed by atoms with E-state index in [1.807, 2.05) is 0 Å². The van der Waals surface area contributed by atoms with Crippen molar-refractivity contribution in [1.29, 1.82) is 0 Å². The lowest BCUT2D eigenvalue weighted by molar-refractivity contribution is -0.149. The van der Waals surface area contributed by atoms with Crippen LogP contribution in [0.15, 0.2) is 0 Å². The Balaban J connectivity index is 2.19. The molecule has 1 rings (SSSR count). The molecule has 4 nitrogen and oxygen atoms in total. The summed E-state index contributed by atoms with van der Waals surface area (Å²) in [7, 11) is 1.69. The second-order valence-electron chi connectivity index (χ2n) is 5.10. The third-order valence-corrected chi connectivity index (χ3v) is 3.46. The van der Waals surface area contributed by atoms with Crippen molar-refractivity contribution in [3.8, 4) is 0 Å². The molecule has 4 heteroatoms. The molecular weight excluding hydrogens is 230 g/mol. The van der Waals surface area contributed by atoms with Crippen molar-refractivity contribution in [3.63, 3.8) is 0 Å². The zero-order valence-corrected chi connectivity index (χ0v) is 11.6. The summed E-state index contributed by atoms with van der Waals surface area (Å²) in [5.74, 6) is -0.0687. The molecule has 0 spiro atoms. The number of hydrogen-bond donors (Lipinski definition) is 0. The first kappa shape index (κ1) is 15.0. The third-order valence-electron chi connectivity index (χ3n) is 3.46. The van der Waals surface area contributed by atoms with Crippen molar-refractivity contribution in [2.75, 3.05) is 20.2 Å². The molecule has 18 heavy (non-hydrogen) atoms. The largest absolute Gasteiger partial charge is 0.464 e. The number of likely N-dealkylation sites (N-methyl/N-ethyl adjacent to an activating group) is 1. The Labute approximate surface area is 110 Å². The summed E-state index contributed by atoms with van der Waals surface area (Å²) in [6, 6.07) is 0. The molecule has 0 saturated heterocycles. The van der Waals surface area contributed by atoms with Gasteiger partial charge < -0.3 is 9.64 Å². The van der Waals surface area contributed by atoms with Crippen LogP contribution in [0.5, 0.6) is 0 Å². The van der Waals surface area contributed by atoms with Gasteiger partial charge in [0.15, 0.2) is 0 Å². The molecule has 1 aliphatic carbocycles. The van der Waals surface area contributed by atoms with Crippen LogP contribution in [0.3, 0.4) is 0 Å². The molecule has 1 amide bonds. The minimum atomic E-state index is -0.292. The SMILES string of the molecule is CCCCCOC(=O)CN(C)C(=O)C1CCCC1. The van der Waals surface area contributed by atoms with Gasteiger partial charge in [-0.3, -0.25) is 9.59 Å². The van der Waals surface area contributed by atoms with Crippen LogP contribution in [0, 0.1) is 5.92 Å². The van der Waals surface area contributed by atoms with Gasteiger partial charge in [0.1, 0.15) is 6.54 Å². The maximum absolute atomic E-state index is 12.0. The summed E-state index contributed by atoms with van der Waals surface area (Å²) in [4.78, 5) is 25.0. The number of nitrogens with zero attached hydrogens (tertiary/aromatic N) is 1. The van der Waals surface area contributed by atoms with Crippen LogP contribution in [0.1, 0.15) is 51.9 Å². The molecule has 0 aliphatic heterocycles. The zero-order valence-electron chi connectivity index (χ0n) is 11.6. The van der Waals surface area contributed by atoms with E-state index in [9.17, 15) is 9.59 Å². The Morgan fingerprint density at radius 3 is 2.50 bits per heavy atom. The highest BCUT2D eigenvalue weighted by molar-refractivity contribution is 5.83. The topological polar surface area (TPSA) is 46.6 Å². The Morgan fingerprint density at radius 1 is 1.22 bits per heavy atom. The molecule has 0 aromatic carbocycles. The molecule has 0 aromatic heterocycles. The monoisotopic (exact) mass is 255 g/mol. The Kier molecular flexibility index (Phi) is 6.76. The average molecular weight is 255 g/mol. The van der Waals surface area contributed by atoms with Crippen LogP contribution in [0.25, 0.3) is 0 Å². The summed E-state index contributed by atoms with van der Waals surface area (Å²) in [5.41, 5.74) is 0. The van der Waals surface area contributed by atoms with Gasteiger partial charge in [-0.1, -0.05) is 32.6 Å². The first-order valence-electron chi connectivity index (χ1n) is 7.05. The standard InChI is InChI=1S/C14H25NO3/c1-3-4-7-10-18-13(16)11-15(2)14(17)12-8-5-6-9-12/h12H,3-11H2,1-2H3. The van der Waals surface area contributed by atoms with E-state index in [0.717, 1.165) is 44.9 Å². The Bertz CT molecular complexity index is 272. The number of amides is 1. The van der Waals surface area contributed by atoms with E-state index in [4.69, 9.17) is 4.74 Å². The summed E-state index contributed by atoms with van der Waals surface area (Å²) >= 11 is 0. The first-order chi connectivity index (χ1) is 8.65. The van der Waals surface area contributed by atoms with Crippen molar-refractivity contribution in [2.24, 2.45) is 5.92 Å². The van der Waals surface area contributed by atoms with Gasteiger partial charge in [-0.25, -0.2) is 0 Å². The minimum Gasteiger partial charge on any atom is -0.464 e. The molecule has 1 saturated carbocycles. The van der Waals surface area contributed by atoms with E-state index >= 15 is 0 Å². The van der Waals surface area contributed by atoms with Gasteiger partial charge in [0, 0.05) is 13.0 Å². The fraction of sp³-hybridized carbons (Fsp3) is 0.857. The van der Waals surface area contributed by atoms with Crippen molar-refractivity contribution in [3.05, 3.63) is 0 Å². The van der Waals surface area contributed by atoms with E-state index in [2.05, 4.69) is 6.92 Å². The van der Waals surface area contributed by atoms with Gasteiger partial charge in [-0.05, 0) is 19.3 Å². The molecule has 0 N–H and O–H groups in total. The van der Waals surface area contributed by atoms with Crippen molar-refractivity contribution in [2.45, 2.75) is 51.9 Å². The minimum absolute atomic E-state index is 0.0848. The van der Waals surface area contributed by atoms with Crippen LogP contribution < -0.4 is 0 Å². The number of esters is 1. The maximum Gasteiger partial charge on any atom is 0.325 e. The fourth-order valence-electron chi connectivity index (χ4n) is 2.34. The predicted molar refractivity (Wildman–Crippen MR) is 70.1 cm³/mol. The molecule has 0 unspecified atom stereocenters. The second kappa shape index (κ2) is 8.11. The molecule has 1 aliphatic rings. The lowest BCUT2D eigenvalue weighted by atomic mass is 10.1. The van der Waals surface area contributed by atoms with Gasteiger partial charge in [0.2, 0.25) is 5.91 Å². The summed E-state index contributed by atoms with van der Waals surface area (Å²) in [5, 5.41) is 0. The summed E-state index contributed by atoms with van der Waals surface area (Å²) < 4.78 is 5.09. The first-order valence-corrected chi connectivity index (χ1v) is 7.05. The molecule has 104 valence electrons. The van der Waals surface area contributed by atoms with Crippen LogP contribution in [-0.2, 0) is 14.3 Å². The van der Waals surface area contributed by atoms with Crippen molar-refractivity contribution < 1.29 is 14.3 Å². The fourth-order valence-corrected chi connectivity index (χ4v) is 2.34. The molecular formula is C14H25NO3. The Hall–Kier alpha value is -1.06. The number of ether oxygens (including phenoxy) is 1. The number of carbonyl (C=O) groups is 2. The molecule has 0 bridgehead atoms. The number of unbranched alkanes of at least 4 members (excludes halogenated alkanes) is 2. The number of hydrogen-bond acceptors (Lipinski definition) is 3. The lowest BCUT2D eigenvalue weighted by Crippen LogP contribution is -2.36. The highest BCUT2D eigenvalue weighted by Crippen LogP contribution is 2.26. The van der Waals surface area contributed by atoms with Gasteiger partial charge in [0.25, 0.3) is 0 Å². The highest BCUT2D eigenvalue weighted by Gasteiger charge is 2.26. The lowest BCUT2D eigenvalue weighted by Gasteiger charge is -2.19. The van der Waals surface area contributed by atoms with E-state index in [1.54, 1.807) is 7.05 Å². The molecule has 0 heterocycles. The number of carbonyl (C=O) groups excluding carboxylic acids is 2. The van der Waals surface area contributed by atoms with Gasteiger partial charge >= 0.3 is 5.97 Å². The molecule has 1 fully saturated rings. The summed E-state index contributed by atoms with van der Waals surface area (Å²) in [6.45, 7) is 2.66. The van der Waals surface area contributed by atoms with Gasteiger partial charge in [-0.2, -0.15) is 0 Å². The van der Waals surface area contributed by atoms with E-state index in [1.165, 1.54) is 4.90 Å². The smallest absolute Gasteiger partial charge is 0.325 e. The van der Waals surface area contributed by atoms with E-state index in [0.29, 0.717) is 6.61 Å². The van der Waals surface area contributed by atoms with Crippen molar-refractivity contribution in [1.82, 2.24) is 4.90 Å². The third kappa shape index (κ3) is 5.07. The van der Waals surface area contributed by atoms with Crippen LogP contribution in [0.4, 0.5) is 0 Å². The zero-order chi connectivity index (χ0) is 13.4. The van der Waals surface area contributed by atoms with E-state index in [-0.39, 0.29) is 24.3 Å². The number of rotatable bonds is 7. The second-order valence-corrected chi connectivity index (χ2v) is 5.10. The van der Waals surface area contributed by atoms with Gasteiger partial charge in [-0.15, -0.1) is 0 Å². The van der Waals surface area contributed by atoms with Crippen molar-refractivity contribution >= 4 is 11.9 Å². The van der Waals surface area contributed by atoms with Gasteiger partial charge in [0.05, 0.1) is 6.61 Å². The molecule has 0 aromatic rings. The molecule has 0 atom stereocenters.